The Morgan fingerprint density at radius 2 is 1.50 bits per heavy atom. The average molecular weight is 323 g/mol. The van der Waals surface area contributed by atoms with E-state index in [4.69, 9.17) is 0 Å². The fourth-order valence-electron chi connectivity index (χ4n) is 2.61. The summed E-state index contributed by atoms with van der Waals surface area (Å²) in [5.41, 5.74) is 4.34. The Kier molecular flexibility index (Phi) is 4.29. The average Bonchev–Trinajstić information content (AvgIpc) is 2.85. The first-order valence-electron chi connectivity index (χ1n) is 7.61. The molecule has 6 nitrogen and oxygen atoms in total. The van der Waals surface area contributed by atoms with Crippen molar-refractivity contribution in [3.8, 4) is 0 Å². The van der Waals surface area contributed by atoms with Crippen molar-refractivity contribution < 1.29 is 14.4 Å². The molecule has 24 heavy (non-hydrogen) atoms. The van der Waals surface area contributed by atoms with Crippen molar-refractivity contribution in [3.63, 3.8) is 0 Å². The fraction of sp³-hybridized carbons (Fsp3) is 0.167. The number of imide groups is 1. The SMILES string of the molecule is CN(NC(=O)CCN1C(=O)c2ccccc2C1=O)c1ccccc1. The van der Waals surface area contributed by atoms with Gasteiger partial charge in [-0.05, 0) is 24.3 Å². The van der Waals surface area contributed by atoms with E-state index < -0.39 is 0 Å². The second-order valence-corrected chi connectivity index (χ2v) is 5.49. The molecule has 0 atom stereocenters. The van der Waals surface area contributed by atoms with Gasteiger partial charge in [0.05, 0.1) is 16.8 Å². The van der Waals surface area contributed by atoms with Gasteiger partial charge in [-0.3, -0.25) is 29.7 Å². The van der Waals surface area contributed by atoms with Crippen molar-refractivity contribution in [2.45, 2.75) is 6.42 Å². The number of nitrogens with one attached hydrogen (secondary N) is 1. The molecule has 0 saturated heterocycles. The number of hydrogen-bond donors (Lipinski definition) is 1. The van der Waals surface area contributed by atoms with E-state index >= 15 is 0 Å². The molecule has 0 radical (unpaired) electrons. The number of carbonyl (C=O) groups excluding carboxylic acids is 3. The summed E-state index contributed by atoms with van der Waals surface area (Å²) in [5, 5.41) is 1.60. The number of rotatable bonds is 5. The predicted octanol–water partition coefficient (Wildman–Crippen LogP) is 1.84. The molecule has 122 valence electrons. The highest BCUT2D eigenvalue weighted by Gasteiger charge is 2.34. The van der Waals surface area contributed by atoms with Crippen LogP contribution in [0.1, 0.15) is 27.1 Å². The molecule has 0 aromatic heterocycles. The van der Waals surface area contributed by atoms with Crippen LogP contribution in [0, 0.1) is 0 Å². The van der Waals surface area contributed by atoms with Crippen molar-refractivity contribution >= 4 is 23.4 Å². The maximum absolute atomic E-state index is 12.2. The maximum atomic E-state index is 12.2. The minimum atomic E-state index is -0.347. The number of fused-ring (bicyclic) bond motifs is 1. The molecule has 1 N–H and O–H groups in total. The molecule has 3 amide bonds. The van der Waals surface area contributed by atoms with Gasteiger partial charge in [0, 0.05) is 20.0 Å². The van der Waals surface area contributed by atoms with Gasteiger partial charge in [-0.25, -0.2) is 0 Å². The Balaban J connectivity index is 1.58. The van der Waals surface area contributed by atoms with Gasteiger partial charge in [0.25, 0.3) is 11.8 Å². The van der Waals surface area contributed by atoms with Crippen LogP contribution in [0.3, 0.4) is 0 Å². The number of anilines is 1. The van der Waals surface area contributed by atoms with E-state index in [1.54, 1.807) is 36.3 Å². The number of amides is 3. The smallest absolute Gasteiger partial charge is 0.261 e. The number of benzene rings is 2. The third-order valence-corrected chi connectivity index (χ3v) is 3.88. The Labute approximate surface area is 139 Å². The maximum Gasteiger partial charge on any atom is 0.261 e. The third kappa shape index (κ3) is 2.99. The molecule has 0 bridgehead atoms. The quantitative estimate of drug-likeness (QED) is 0.673. The summed E-state index contributed by atoms with van der Waals surface area (Å²) in [6.07, 6.45) is 0.0443. The lowest BCUT2D eigenvalue weighted by atomic mass is 10.1. The van der Waals surface area contributed by atoms with Crippen LogP contribution in [-0.4, -0.2) is 36.2 Å². The van der Waals surface area contributed by atoms with Gasteiger partial charge in [-0.2, -0.15) is 0 Å². The number of para-hydroxylation sites is 1. The summed E-state index contributed by atoms with van der Waals surface area (Å²) in [5.74, 6) is -0.961. The topological polar surface area (TPSA) is 69.7 Å². The van der Waals surface area contributed by atoms with Gasteiger partial charge in [0.2, 0.25) is 5.91 Å². The zero-order valence-corrected chi connectivity index (χ0v) is 13.2. The molecular formula is C18H17N3O3. The van der Waals surface area contributed by atoms with Gasteiger partial charge in [0.15, 0.2) is 0 Å². The summed E-state index contributed by atoms with van der Waals surface area (Å²) in [4.78, 5) is 37.6. The highest BCUT2D eigenvalue weighted by molar-refractivity contribution is 6.21. The minimum absolute atomic E-state index is 0.0443. The van der Waals surface area contributed by atoms with Gasteiger partial charge in [-0.15, -0.1) is 0 Å². The summed E-state index contributed by atoms with van der Waals surface area (Å²) in [6.45, 7) is 0.0564. The molecule has 1 heterocycles. The first-order chi connectivity index (χ1) is 11.6. The molecule has 2 aromatic carbocycles. The third-order valence-electron chi connectivity index (χ3n) is 3.88. The highest BCUT2D eigenvalue weighted by atomic mass is 16.2. The van der Waals surface area contributed by atoms with Crippen LogP contribution < -0.4 is 10.4 Å². The predicted molar refractivity (Wildman–Crippen MR) is 89.4 cm³/mol. The first kappa shape index (κ1) is 15.7. The Morgan fingerprint density at radius 3 is 2.08 bits per heavy atom. The fourth-order valence-corrected chi connectivity index (χ4v) is 2.61. The van der Waals surface area contributed by atoms with Crippen molar-refractivity contribution in [1.29, 1.82) is 0 Å². The lowest BCUT2D eigenvalue weighted by Crippen LogP contribution is -2.41. The zero-order valence-electron chi connectivity index (χ0n) is 13.2. The Hall–Kier alpha value is -3.15. The van der Waals surface area contributed by atoms with Crippen LogP contribution in [0.5, 0.6) is 0 Å². The summed E-state index contributed by atoms with van der Waals surface area (Å²) in [6, 6.07) is 16.0. The lowest BCUT2D eigenvalue weighted by Gasteiger charge is -2.21. The van der Waals surface area contributed by atoms with Crippen LogP contribution in [-0.2, 0) is 4.79 Å². The summed E-state index contributed by atoms with van der Waals surface area (Å²) < 4.78 is 0. The first-order valence-corrected chi connectivity index (χ1v) is 7.61. The van der Waals surface area contributed by atoms with Crippen LogP contribution in [0.15, 0.2) is 54.6 Å². The Bertz CT molecular complexity index is 754. The summed E-state index contributed by atoms with van der Waals surface area (Å²) >= 11 is 0. The standard InChI is InChI=1S/C18H17N3O3/c1-20(13-7-3-2-4-8-13)19-16(22)11-12-21-17(23)14-9-5-6-10-15(14)18(21)24/h2-10H,11-12H2,1H3,(H,19,22). The largest absolute Gasteiger partial charge is 0.289 e. The van der Waals surface area contributed by atoms with Crippen LogP contribution in [0.25, 0.3) is 0 Å². The van der Waals surface area contributed by atoms with Crippen molar-refractivity contribution in [2.75, 3.05) is 18.6 Å². The molecule has 6 heteroatoms. The van der Waals surface area contributed by atoms with E-state index in [0.717, 1.165) is 10.6 Å². The van der Waals surface area contributed by atoms with E-state index in [1.165, 1.54) is 0 Å². The van der Waals surface area contributed by atoms with Gasteiger partial charge in [0.1, 0.15) is 0 Å². The van der Waals surface area contributed by atoms with Gasteiger partial charge < -0.3 is 0 Å². The monoisotopic (exact) mass is 323 g/mol. The molecule has 0 unspecified atom stereocenters. The highest BCUT2D eigenvalue weighted by Crippen LogP contribution is 2.22. The van der Waals surface area contributed by atoms with E-state index in [0.29, 0.717) is 11.1 Å². The van der Waals surface area contributed by atoms with Crippen molar-refractivity contribution in [3.05, 3.63) is 65.7 Å². The van der Waals surface area contributed by atoms with E-state index in [2.05, 4.69) is 5.43 Å². The summed E-state index contributed by atoms with van der Waals surface area (Å²) in [7, 11) is 1.73. The van der Waals surface area contributed by atoms with Crippen LogP contribution in [0.2, 0.25) is 0 Å². The second kappa shape index (κ2) is 6.54. The van der Waals surface area contributed by atoms with Crippen LogP contribution in [0.4, 0.5) is 5.69 Å². The van der Waals surface area contributed by atoms with Crippen molar-refractivity contribution in [2.24, 2.45) is 0 Å². The number of nitrogens with zero attached hydrogens (tertiary/aromatic N) is 2. The minimum Gasteiger partial charge on any atom is -0.289 e. The number of carbonyl (C=O) groups is 3. The molecule has 0 spiro atoms. The molecule has 0 fully saturated rings. The lowest BCUT2D eigenvalue weighted by molar-refractivity contribution is -0.121. The molecule has 3 rings (SSSR count). The number of hydrogen-bond acceptors (Lipinski definition) is 4. The van der Waals surface area contributed by atoms with Crippen molar-refractivity contribution in [1.82, 2.24) is 10.3 Å². The Morgan fingerprint density at radius 1 is 0.958 bits per heavy atom. The molecular weight excluding hydrogens is 306 g/mol. The van der Waals surface area contributed by atoms with Gasteiger partial charge >= 0.3 is 0 Å². The van der Waals surface area contributed by atoms with E-state index in [9.17, 15) is 14.4 Å². The normalized spacial score (nSPS) is 13.0. The van der Waals surface area contributed by atoms with E-state index in [-0.39, 0.29) is 30.7 Å². The molecule has 0 saturated carbocycles. The van der Waals surface area contributed by atoms with E-state index in [1.807, 2.05) is 30.3 Å². The van der Waals surface area contributed by atoms with Gasteiger partial charge in [-0.1, -0.05) is 30.3 Å². The molecule has 0 aliphatic carbocycles. The number of hydrazine groups is 1. The molecule has 1 aliphatic rings. The second-order valence-electron chi connectivity index (χ2n) is 5.49. The van der Waals surface area contributed by atoms with Crippen LogP contribution >= 0.6 is 0 Å². The molecule has 1 aliphatic heterocycles. The molecule has 2 aromatic rings. The zero-order chi connectivity index (χ0) is 17.1.